The first-order valence-electron chi connectivity index (χ1n) is 5.25. The van der Waals surface area contributed by atoms with E-state index in [1.807, 2.05) is 0 Å². The van der Waals surface area contributed by atoms with E-state index >= 15 is 0 Å². The lowest BCUT2D eigenvalue weighted by molar-refractivity contribution is -0.122. The van der Waals surface area contributed by atoms with Gasteiger partial charge in [0, 0.05) is 13.3 Å². The molecular formula is C11H9Cl2N3O3. The molecule has 0 radical (unpaired) electrons. The molecule has 0 aliphatic heterocycles. The Kier molecular flexibility index (Phi) is 4.47. The van der Waals surface area contributed by atoms with Crippen LogP contribution in [0.15, 0.2) is 16.8 Å². The zero-order valence-corrected chi connectivity index (χ0v) is 11.4. The summed E-state index contributed by atoms with van der Waals surface area (Å²) in [7, 11) is 1.44. The van der Waals surface area contributed by atoms with E-state index in [1.54, 1.807) is 0 Å². The molecule has 0 saturated carbocycles. The lowest BCUT2D eigenvalue weighted by atomic mass is 10.3. The zero-order chi connectivity index (χ0) is 13.8. The first-order chi connectivity index (χ1) is 9.10. The van der Waals surface area contributed by atoms with Gasteiger partial charge in [-0.25, -0.2) is 4.98 Å². The first-order valence-corrected chi connectivity index (χ1v) is 6.00. The van der Waals surface area contributed by atoms with Crippen LogP contribution in [0.5, 0.6) is 0 Å². The van der Waals surface area contributed by atoms with Gasteiger partial charge in [-0.05, 0) is 6.07 Å². The van der Waals surface area contributed by atoms with Gasteiger partial charge in [0.05, 0.1) is 16.5 Å². The molecule has 0 bridgehead atoms. The molecule has 0 saturated heterocycles. The van der Waals surface area contributed by atoms with Crippen molar-refractivity contribution in [1.82, 2.24) is 15.1 Å². The Morgan fingerprint density at radius 3 is 2.95 bits per heavy atom. The molecule has 0 unspecified atom stereocenters. The highest BCUT2D eigenvalue weighted by atomic mass is 35.5. The van der Waals surface area contributed by atoms with Gasteiger partial charge in [-0.3, -0.25) is 4.79 Å². The molecule has 0 fully saturated rings. The fourth-order valence-corrected chi connectivity index (χ4v) is 1.85. The number of pyridine rings is 1. The molecule has 2 aromatic rings. The lowest BCUT2D eigenvalue weighted by Crippen LogP contribution is -2.09. The number of carbonyl (C=O) groups excluding carboxylic acids is 1. The van der Waals surface area contributed by atoms with Crippen molar-refractivity contribution in [3.63, 3.8) is 0 Å². The monoisotopic (exact) mass is 301 g/mol. The molecule has 6 nitrogen and oxygen atoms in total. The molecule has 0 spiro atoms. The molecule has 100 valence electrons. The van der Waals surface area contributed by atoms with Gasteiger partial charge in [-0.2, -0.15) is 4.98 Å². The Hall–Kier alpha value is -1.50. The average molecular weight is 302 g/mol. The van der Waals surface area contributed by atoms with Crippen LogP contribution in [0, 0.1) is 0 Å². The summed E-state index contributed by atoms with van der Waals surface area (Å²) in [5.74, 6) is 0.236. The Balaban J connectivity index is 2.18. The van der Waals surface area contributed by atoms with E-state index in [1.165, 1.54) is 19.4 Å². The first kappa shape index (κ1) is 13.9. The summed E-state index contributed by atoms with van der Waals surface area (Å²) in [5.41, 5.74) is 0.347. The molecule has 0 N–H and O–H groups in total. The van der Waals surface area contributed by atoms with E-state index in [9.17, 15) is 4.79 Å². The van der Waals surface area contributed by atoms with Crippen LogP contribution in [0.2, 0.25) is 10.0 Å². The van der Waals surface area contributed by atoms with Gasteiger partial charge >= 0.3 is 0 Å². The summed E-state index contributed by atoms with van der Waals surface area (Å²) in [6, 6.07) is 1.53. The summed E-state index contributed by atoms with van der Waals surface area (Å²) in [6.45, 7) is -0.00232. The highest BCUT2D eigenvalue weighted by Gasteiger charge is 2.15. The number of methoxy groups -OCH3 is 1. The van der Waals surface area contributed by atoms with Gasteiger partial charge in [0.1, 0.15) is 12.3 Å². The summed E-state index contributed by atoms with van der Waals surface area (Å²) in [6.07, 6.45) is 1.43. The van der Waals surface area contributed by atoms with Crippen molar-refractivity contribution < 1.29 is 14.1 Å². The Labute approximate surface area is 118 Å². The number of hydrogen-bond donors (Lipinski definition) is 0. The van der Waals surface area contributed by atoms with E-state index in [0.717, 1.165) is 0 Å². The van der Waals surface area contributed by atoms with Crippen molar-refractivity contribution >= 4 is 29.0 Å². The topological polar surface area (TPSA) is 78.1 Å². The van der Waals surface area contributed by atoms with Crippen molar-refractivity contribution in [3.05, 3.63) is 28.2 Å². The maximum absolute atomic E-state index is 11.4. The SMILES string of the molecule is COCC(=O)Cc1nc(-c2ncc(Cl)cc2Cl)no1. The third-order valence-corrected chi connectivity index (χ3v) is 2.64. The second-order valence-electron chi connectivity index (χ2n) is 3.64. The summed E-state index contributed by atoms with van der Waals surface area (Å²) in [4.78, 5) is 19.4. The quantitative estimate of drug-likeness (QED) is 0.842. The van der Waals surface area contributed by atoms with E-state index in [-0.39, 0.29) is 30.5 Å². The largest absolute Gasteiger partial charge is 0.377 e. The average Bonchev–Trinajstić information content (AvgIpc) is 2.77. The van der Waals surface area contributed by atoms with Crippen LogP contribution in [-0.4, -0.2) is 34.6 Å². The smallest absolute Gasteiger partial charge is 0.234 e. The van der Waals surface area contributed by atoms with E-state index in [0.29, 0.717) is 15.7 Å². The van der Waals surface area contributed by atoms with Crippen LogP contribution in [0.4, 0.5) is 0 Å². The summed E-state index contributed by atoms with van der Waals surface area (Å²) in [5, 5.41) is 4.44. The normalized spacial score (nSPS) is 10.7. The number of ether oxygens (including phenoxy) is 1. The van der Waals surface area contributed by atoms with Gasteiger partial charge in [0.2, 0.25) is 11.7 Å². The minimum atomic E-state index is -0.159. The maximum Gasteiger partial charge on any atom is 0.234 e. The standard InChI is InChI=1S/C11H9Cl2N3O3/c1-18-5-7(17)3-9-15-11(16-19-9)10-8(13)2-6(12)4-14-10/h2,4H,3,5H2,1H3. The molecule has 2 rings (SSSR count). The van der Waals surface area contributed by atoms with Gasteiger partial charge in [0.15, 0.2) is 5.78 Å². The fourth-order valence-electron chi connectivity index (χ4n) is 1.38. The molecule has 0 aliphatic carbocycles. The van der Waals surface area contributed by atoms with Gasteiger partial charge < -0.3 is 9.26 Å². The molecule has 0 aromatic carbocycles. The molecule has 19 heavy (non-hydrogen) atoms. The summed E-state index contributed by atoms with van der Waals surface area (Å²) < 4.78 is 9.66. The third kappa shape index (κ3) is 3.50. The molecule has 0 amide bonds. The number of aromatic nitrogens is 3. The van der Waals surface area contributed by atoms with Crippen molar-refractivity contribution in [2.45, 2.75) is 6.42 Å². The van der Waals surface area contributed by atoms with Gasteiger partial charge in [0.25, 0.3) is 0 Å². The van der Waals surface area contributed by atoms with Gasteiger partial charge in [-0.15, -0.1) is 0 Å². The number of rotatable bonds is 5. The molecule has 8 heteroatoms. The Morgan fingerprint density at radius 2 is 2.26 bits per heavy atom. The predicted octanol–water partition coefficient (Wildman–Crippen LogP) is 2.20. The number of nitrogens with zero attached hydrogens (tertiary/aromatic N) is 3. The third-order valence-electron chi connectivity index (χ3n) is 2.14. The highest BCUT2D eigenvalue weighted by Crippen LogP contribution is 2.25. The van der Waals surface area contributed by atoms with Crippen molar-refractivity contribution in [2.75, 3.05) is 13.7 Å². The van der Waals surface area contributed by atoms with Crippen molar-refractivity contribution in [1.29, 1.82) is 0 Å². The Morgan fingerprint density at radius 1 is 1.47 bits per heavy atom. The molecule has 0 aliphatic rings. The van der Waals surface area contributed by atoms with Crippen LogP contribution >= 0.6 is 23.2 Å². The van der Waals surface area contributed by atoms with Crippen molar-refractivity contribution in [2.24, 2.45) is 0 Å². The number of Topliss-reactive ketones (excluding diaryl/α,β-unsaturated/α-hetero) is 1. The van der Waals surface area contributed by atoms with Crippen LogP contribution < -0.4 is 0 Å². The van der Waals surface area contributed by atoms with E-state index < -0.39 is 0 Å². The predicted molar refractivity (Wildman–Crippen MR) is 68.1 cm³/mol. The van der Waals surface area contributed by atoms with Crippen LogP contribution in [0.3, 0.4) is 0 Å². The Bertz CT molecular complexity index is 601. The summed E-state index contributed by atoms with van der Waals surface area (Å²) >= 11 is 11.7. The molecular weight excluding hydrogens is 293 g/mol. The van der Waals surface area contributed by atoms with Gasteiger partial charge in [-0.1, -0.05) is 28.4 Å². The fraction of sp³-hybridized carbons (Fsp3) is 0.273. The number of hydrogen-bond acceptors (Lipinski definition) is 6. The minimum Gasteiger partial charge on any atom is -0.377 e. The highest BCUT2D eigenvalue weighted by molar-refractivity contribution is 6.35. The zero-order valence-electron chi connectivity index (χ0n) is 9.89. The maximum atomic E-state index is 11.4. The minimum absolute atomic E-state index is 0.00232. The molecule has 2 heterocycles. The number of halogens is 2. The second kappa shape index (κ2) is 6.10. The number of carbonyl (C=O) groups is 1. The molecule has 0 atom stereocenters. The van der Waals surface area contributed by atoms with Crippen LogP contribution in [0.25, 0.3) is 11.5 Å². The van der Waals surface area contributed by atoms with Crippen molar-refractivity contribution in [3.8, 4) is 11.5 Å². The number of ketones is 1. The van der Waals surface area contributed by atoms with E-state index in [4.69, 9.17) is 32.5 Å². The lowest BCUT2D eigenvalue weighted by Gasteiger charge is -1.97. The molecule has 2 aromatic heterocycles. The van der Waals surface area contributed by atoms with Crippen LogP contribution in [-0.2, 0) is 16.0 Å². The second-order valence-corrected chi connectivity index (χ2v) is 4.49. The van der Waals surface area contributed by atoms with Crippen LogP contribution in [0.1, 0.15) is 5.89 Å². The van der Waals surface area contributed by atoms with E-state index in [2.05, 4.69) is 15.1 Å².